The number of benzene rings is 1. The highest BCUT2D eigenvalue weighted by Gasteiger charge is 2.25. The van der Waals surface area contributed by atoms with E-state index in [2.05, 4.69) is 15.6 Å². The van der Waals surface area contributed by atoms with Gasteiger partial charge in [-0.15, -0.1) is 0 Å². The molecule has 0 aliphatic carbocycles. The molecule has 8 nitrogen and oxygen atoms in total. The van der Waals surface area contributed by atoms with Gasteiger partial charge in [-0.3, -0.25) is 14.3 Å². The fourth-order valence-electron chi connectivity index (χ4n) is 2.84. The Morgan fingerprint density at radius 2 is 2.04 bits per heavy atom. The molecule has 1 atom stereocenters. The highest BCUT2D eigenvalue weighted by atomic mass is 16.5. The summed E-state index contributed by atoms with van der Waals surface area (Å²) < 4.78 is 6.78. The summed E-state index contributed by atoms with van der Waals surface area (Å²) in [5.41, 5.74) is 7.13. The summed E-state index contributed by atoms with van der Waals surface area (Å²) in [7, 11) is 0. The number of carbonyl (C=O) groups excluding carboxylic acids is 2. The number of fused-ring (bicyclic) bond motifs is 1. The van der Waals surface area contributed by atoms with E-state index in [4.69, 9.17) is 10.3 Å². The maximum atomic E-state index is 12.7. The first-order valence-electron chi connectivity index (χ1n) is 8.34. The Morgan fingerprint density at radius 1 is 1.31 bits per heavy atom. The van der Waals surface area contributed by atoms with Gasteiger partial charge in [-0.1, -0.05) is 37.2 Å². The smallest absolute Gasteiger partial charge is 0.273 e. The molecular formula is C18H21N5O3. The van der Waals surface area contributed by atoms with Gasteiger partial charge in [-0.2, -0.15) is 5.10 Å². The van der Waals surface area contributed by atoms with E-state index in [0.717, 1.165) is 5.52 Å². The molecule has 1 unspecified atom stereocenters. The summed E-state index contributed by atoms with van der Waals surface area (Å²) in [6, 6.07) is 8.45. The number of rotatable bonds is 6. The quantitative estimate of drug-likeness (QED) is 0.697. The van der Waals surface area contributed by atoms with Gasteiger partial charge in [-0.25, -0.2) is 0 Å². The number of hydrogen-bond acceptors (Lipinski definition) is 5. The Kier molecular flexibility index (Phi) is 4.75. The molecule has 0 fully saturated rings. The Labute approximate surface area is 150 Å². The summed E-state index contributed by atoms with van der Waals surface area (Å²) in [4.78, 5) is 24.3. The van der Waals surface area contributed by atoms with Crippen molar-refractivity contribution in [1.29, 1.82) is 0 Å². The molecule has 3 N–H and O–H groups in total. The standard InChI is InChI=1S/C18H21N5O3/c1-10(2)15(17(19)24)20-18(25)16-13-6-4-5-7-14(13)23(21-16)9-12-8-11(3)26-22-12/h4-8,10,15H,9H2,1-3H3,(H2,19,24)(H,20,25). The van der Waals surface area contributed by atoms with E-state index in [9.17, 15) is 9.59 Å². The zero-order valence-corrected chi connectivity index (χ0v) is 14.9. The maximum Gasteiger partial charge on any atom is 0.273 e. The number of nitrogens with two attached hydrogens (primary N) is 1. The number of aromatic nitrogens is 3. The number of nitrogens with zero attached hydrogens (tertiary/aromatic N) is 3. The summed E-state index contributed by atoms with van der Waals surface area (Å²) in [6.45, 7) is 5.82. The second-order valence-corrected chi connectivity index (χ2v) is 6.55. The van der Waals surface area contributed by atoms with E-state index >= 15 is 0 Å². The van der Waals surface area contributed by atoms with Crippen molar-refractivity contribution < 1.29 is 14.1 Å². The van der Waals surface area contributed by atoms with Gasteiger partial charge in [0.1, 0.15) is 17.5 Å². The summed E-state index contributed by atoms with van der Waals surface area (Å²) >= 11 is 0. The van der Waals surface area contributed by atoms with E-state index in [-0.39, 0.29) is 11.6 Å². The minimum Gasteiger partial charge on any atom is -0.368 e. The third kappa shape index (κ3) is 3.44. The lowest BCUT2D eigenvalue weighted by Gasteiger charge is -2.18. The van der Waals surface area contributed by atoms with E-state index in [0.29, 0.717) is 23.4 Å². The molecule has 0 saturated carbocycles. The molecule has 0 spiro atoms. The number of amides is 2. The molecule has 0 aliphatic rings. The molecule has 2 aromatic heterocycles. The average Bonchev–Trinajstić information content (AvgIpc) is 3.16. The Morgan fingerprint density at radius 3 is 2.65 bits per heavy atom. The molecule has 0 aliphatic heterocycles. The van der Waals surface area contributed by atoms with Crippen LogP contribution >= 0.6 is 0 Å². The van der Waals surface area contributed by atoms with Crippen LogP contribution in [0.15, 0.2) is 34.9 Å². The van der Waals surface area contributed by atoms with Crippen molar-refractivity contribution in [3.63, 3.8) is 0 Å². The minimum absolute atomic E-state index is 0.122. The van der Waals surface area contributed by atoms with Crippen molar-refractivity contribution in [2.75, 3.05) is 0 Å². The lowest BCUT2D eigenvalue weighted by molar-refractivity contribution is -0.120. The molecule has 2 heterocycles. The number of carbonyl (C=O) groups is 2. The molecule has 136 valence electrons. The van der Waals surface area contributed by atoms with Gasteiger partial charge >= 0.3 is 0 Å². The van der Waals surface area contributed by atoms with Gasteiger partial charge in [0.2, 0.25) is 5.91 Å². The van der Waals surface area contributed by atoms with Crippen LogP contribution in [0, 0.1) is 12.8 Å². The first kappa shape index (κ1) is 17.7. The van der Waals surface area contributed by atoms with E-state index in [1.165, 1.54) is 0 Å². The molecule has 3 aromatic rings. The van der Waals surface area contributed by atoms with Crippen LogP contribution in [0.25, 0.3) is 10.9 Å². The van der Waals surface area contributed by atoms with Crippen LogP contribution in [0.4, 0.5) is 0 Å². The highest BCUT2D eigenvalue weighted by Crippen LogP contribution is 2.20. The molecule has 2 amide bonds. The third-order valence-corrected chi connectivity index (χ3v) is 4.12. The predicted octanol–water partition coefficient (Wildman–Crippen LogP) is 1.62. The van der Waals surface area contributed by atoms with Crippen LogP contribution in [0.5, 0.6) is 0 Å². The van der Waals surface area contributed by atoms with Gasteiger partial charge in [0.25, 0.3) is 5.91 Å². The zero-order chi connectivity index (χ0) is 18.8. The Balaban J connectivity index is 1.96. The second kappa shape index (κ2) is 6.99. The van der Waals surface area contributed by atoms with Gasteiger partial charge in [0, 0.05) is 11.5 Å². The van der Waals surface area contributed by atoms with Crippen molar-refractivity contribution >= 4 is 22.7 Å². The summed E-state index contributed by atoms with van der Waals surface area (Å²) in [5, 5.41) is 11.8. The van der Waals surface area contributed by atoms with Crippen LogP contribution in [0.2, 0.25) is 0 Å². The van der Waals surface area contributed by atoms with Crippen molar-refractivity contribution in [1.82, 2.24) is 20.3 Å². The van der Waals surface area contributed by atoms with Gasteiger partial charge in [-0.05, 0) is 18.9 Å². The van der Waals surface area contributed by atoms with E-state index in [1.54, 1.807) is 4.68 Å². The molecule has 1 aromatic carbocycles. The largest absolute Gasteiger partial charge is 0.368 e. The van der Waals surface area contributed by atoms with Crippen LogP contribution in [-0.2, 0) is 11.3 Å². The lowest BCUT2D eigenvalue weighted by atomic mass is 10.0. The molecule has 8 heteroatoms. The van der Waals surface area contributed by atoms with Crippen LogP contribution in [0.3, 0.4) is 0 Å². The molecule has 0 bridgehead atoms. The minimum atomic E-state index is -0.760. The number of primary amides is 1. The topological polar surface area (TPSA) is 116 Å². The lowest BCUT2D eigenvalue weighted by Crippen LogP contribution is -2.47. The molecular weight excluding hydrogens is 334 g/mol. The van der Waals surface area contributed by atoms with Gasteiger partial charge < -0.3 is 15.6 Å². The van der Waals surface area contributed by atoms with Gasteiger partial charge in [0.05, 0.1) is 12.1 Å². The van der Waals surface area contributed by atoms with E-state index in [1.807, 2.05) is 51.1 Å². The van der Waals surface area contributed by atoms with E-state index < -0.39 is 17.9 Å². The number of para-hydroxylation sites is 1. The molecule has 0 radical (unpaired) electrons. The predicted molar refractivity (Wildman–Crippen MR) is 95.4 cm³/mol. The summed E-state index contributed by atoms with van der Waals surface area (Å²) in [6.07, 6.45) is 0. The first-order valence-corrected chi connectivity index (χ1v) is 8.34. The van der Waals surface area contributed by atoms with Crippen LogP contribution < -0.4 is 11.1 Å². The van der Waals surface area contributed by atoms with Crippen LogP contribution in [-0.4, -0.2) is 32.8 Å². The Bertz CT molecular complexity index is 957. The SMILES string of the molecule is Cc1cc(Cn2nc(C(=O)NC(C(N)=O)C(C)C)c3ccccc32)no1. The number of nitrogens with one attached hydrogen (secondary N) is 1. The Hall–Kier alpha value is -3.16. The fraction of sp³-hybridized carbons (Fsp3) is 0.333. The monoisotopic (exact) mass is 355 g/mol. The first-order chi connectivity index (χ1) is 12.4. The van der Waals surface area contributed by atoms with Gasteiger partial charge in [0.15, 0.2) is 5.69 Å². The van der Waals surface area contributed by atoms with Crippen molar-refractivity contribution in [2.24, 2.45) is 11.7 Å². The number of hydrogen-bond donors (Lipinski definition) is 2. The normalized spacial score (nSPS) is 12.5. The highest BCUT2D eigenvalue weighted by molar-refractivity contribution is 6.06. The molecule has 3 rings (SSSR count). The third-order valence-electron chi connectivity index (χ3n) is 4.12. The van der Waals surface area contributed by atoms with Crippen LogP contribution in [0.1, 0.15) is 35.8 Å². The summed E-state index contributed by atoms with van der Waals surface area (Å²) in [5.74, 6) is -0.428. The maximum absolute atomic E-state index is 12.7. The average molecular weight is 355 g/mol. The van der Waals surface area contributed by atoms with Crippen molar-refractivity contribution in [2.45, 2.75) is 33.4 Å². The fourth-order valence-corrected chi connectivity index (χ4v) is 2.84. The number of aryl methyl sites for hydroxylation is 1. The second-order valence-electron chi connectivity index (χ2n) is 6.55. The molecule has 0 saturated heterocycles. The van der Waals surface area contributed by atoms with Crippen molar-refractivity contribution in [3.05, 3.63) is 47.5 Å². The van der Waals surface area contributed by atoms with Crippen molar-refractivity contribution in [3.8, 4) is 0 Å². The zero-order valence-electron chi connectivity index (χ0n) is 14.9. The molecule has 26 heavy (non-hydrogen) atoms.